The summed E-state index contributed by atoms with van der Waals surface area (Å²) in [6, 6.07) is 11.9. The van der Waals surface area contributed by atoms with Crippen molar-refractivity contribution in [2.75, 3.05) is 13.7 Å². The van der Waals surface area contributed by atoms with Crippen molar-refractivity contribution < 1.29 is 9.53 Å². The third kappa shape index (κ3) is 5.47. The van der Waals surface area contributed by atoms with Gasteiger partial charge in [-0.2, -0.15) is 5.10 Å². The zero-order valence-electron chi connectivity index (χ0n) is 18.3. The molecule has 30 heavy (non-hydrogen) atoms. The number of hydrogen-bond donors (Lipinski definition) is 0. The lowest BCUT2D eigenvalue weighted by Gasteiger charge is -2.23. The van der Waals surface area contributed by atoms with E-state index in [0.717, 1.165) is 29.1 Å². The molecule has 0 fully saturated rings. The van der Waals surface area contributed by atoms with Crippen LogP contribution in [0.2, 0.25) is 0 Å². The number of ether oxygens (including phenoxy) is 1. The molecule has 0 unspecified atom stereocenters. The van der Waals surface area contributed by atoms with Crippen LogP contribution in [0.5, 0.6) is 5.75 Å². The van der Waals surface area contributed by atoms with E-state index in [-0.39, 0.29) is 5.91 Å². The maximum absolute atomic E-state index is 13.1. The van der Waals surface area contributed by atoms with E-state index in [9.17, 15) is 4.79 Å². The predicted molar refractivity (Wildman–Crippen MR) is 117 cm³/mol. The zero-order valence-corrected chi connectivity index (χ0v) is 18.3. The fourth-order valence-corrected chi connectivity index (χ4v) is 3.63. The highest BCUT2D eigenvalue weighted by atomic mass is 16.5. The van der Waals surface area contributed by atoms with Gasteiger partial charge in [0, 0.05) is 44.6 Å². The third-order valence-corrected chi connectivity index (χ3v) is 5.55. The number of pyridine rings is 1. The van der Waals surface area contributed by atoms with Crippen molar-refractivity contribution in [2.24, 2.45) is 7.05 Å². The smallest absolute Gasteiger partial charge is 0.223 e. The van der Waals surface area contributed by atoms with Crippen molar-refractivity contribution in [3.63, 3.8) is 0 Å². The summed E-state index contributed by atoms with van der Waals surface area (Å²) < 4.78 is 7.11. The third-order valence-electron chi connectivity index (χ3n) is 5.55. The monoisotopic (exact) mass is 406 g/mol. The highest BCUT2D eigenvalue weighted by Crippen LogP contribution is 2.17. The Morgan fingerprint density at radius 1 is 1.03 bits per heavy atom. The van der Waals surface area contributed by atoms with Crippen LogP contribution in [0.3, 0.4) is 0 Å². The number of hydrogen-bond acceptors (Lipinski definition) is 4. The van der Waals surface area contributed by atoms with Gasteiger partial charge in [0.1, 0.15) is 5.75 Å². The maximum atomic E-state index is 13.1. The maximum Gasteiger partial charge on any atom is 0.223 e. The van der Waals surface area contributed by atoms with Gasteiger partial charge in [-0.05, 0) is 67.6 Å². The molecular formula is C24H30N4O2. The molecule has 0 saturated carbocycles. The first-order chi connectivity index (χ1) is 14.5. The van der Waals surface area contributed by atoms with Crippen LogP contribution in [-0.2, 0) is 31.2 Å². The van der Waals surface area contributed by atoms with E-state index in [2.05, 4.69) is 29.1 Å². The van der Waals surface area contributed by atoms with Crippen LogP contribution in [0.4, 0.5) is 0 Å². The number of carbonyl (C=O) groups excluding carboxylic acids is 1. The molecule has 0 aliphatic heterocycles. The van der Waals surface area contributed by atoms with Gasteiger partial charge in [-0.3, -0.25) is 14.5 Å². The number of methoxy groups -OCH3 is 1. The summed E-state index contributed by atoms with van der Waals surface area (Å²) >= 11 is 0. The summed E-state index contributed by atoms with van der Waals surface area (Å²) in [5.74, 6) is 0.994. The largest absolute Gasteiger partial charge is 0.497 e. The number of aryl methyl sites for hydroxylation is 2. The molecule has 0 saturated heterocycles. The number of amides is 1. The van der Waals surface area contributed by atoms with Gasteiger partial charge >= 0.3 is 0 Å². The van der Waals surface area contributed by atoms with E-state index in [1.807, 2.05) is 47.8 Å². The highest BCUT2D eigenvalue weighted by Gasteiger charge is 2.17. The van der Waals surface area contributed by atoms with Crippen molar-refractivity contribution in [2.45, 2.75) is 39.7 Å². The molecule has 0 aliphatic rings. The van der Waals surface area contributed by atoms with Gasteiger partial charge in [0.15, 0.2) is 0 Å². The summed E-state index contributed by atoms with van der Waals surface area (Å²) in [4.78, 5) is 19.2. The topological polar surface area (TPSA) is 60.2 Å². The second-order valence-corrected chi connectivity index (χ2v) is 7.54. The van der Waals surface area contributed by atoms with Gasteiger partial charge in [-0.1, -0.05) is 12.1 Å². The van der Waals surface area contributed by atoms with Gasteiger partial charge in [0.2, 0.25) is 5.91 Å². The van der Waals surface area contributed by atoms with Crippen molar-refractivity contribution in [3.05, 3.63) is 76.9 Å². The number of benzene rings is 1. The van der Waals surface area contributed by atoms with E-state index < -0.39 is 0 Å². The van der Waals surface area contributed by atoms with Gasteiger partial charge in [-0.25, -0.2) is 0 Å². The summed E-state index contributed by atoms with van der Waals surface area (Å²) in [7, 11) is 3.61. The minimum Gasteiger partial charge on any atom is -0.497 e. The lowest BCUT2D eigenvalue weighted by molar-refractivity contribution is -0.131. The van der Waals surface area contributed by atoms with Crippen LogP contribution in [0.1, 0.15) is 34.5 Å². The van der Waals surface area contributed by atoms with Crippen molar-refractivity contribution in [1.82, 2.24) is 19.7 Å². The summed E-state index contributed by atoms with van der Waals surface area (Å²) in [6.45, 7) is 5.31. The number of carbonyl (C=O) groups is 1. The minimum absolute atomic E-state index is 0.156. The second-order valence-electron chi connectivity index (χ2n) is 7.54. The van der Waals surface area contributed by atoms with Gasteiger partial charge in [0.05, 0.1) is 12.8 Å². The Balaban J connectivity index is 1.68. The molecule has 2 aromatic heterocycles. The molecule has 6 nitrogen and oxygen atoms in total. The SMILES string of the molecule is COc1ccc(CCN(Cc2ccncc2)C(=O)CCc2c(C)nn(C)c2C)cc1. The lowest BCUT2D eigenvalue weighted by atomic mass is 10.1. The van der Waals surface area contributed by atoms with Crippen LogP contribution in [-0.4, -0.2) is 39.2 Å². The number of rotatable bonds is 9. The van der Waals surface area contributed by atoms with Gasteiger partial charge in [-0.15, -0.1) is 0 Å². The van der Waals surface area contributed by atoms with Crippen LogP contribution >= 0.6 is 0 Å². The Bertz CT molecular complexity index is 965. The van der Waals surface area contributed by atoms with Gasteiger partial charge < -0.3 is 9.64 Å². The van der Waals surface area contributed by atoms with Crippen LogP contribution in [0.15, 0.2) is 48.8 Å². The van der Waals surface area contributed by atoms with E-state index >= 15 is 0 Å². The van der Waals surface area contributed by atoms with E-state index in [1.165, 1.54) is 11.1 Å². The Hall–Kier alpha value is -3.15. The number of aromatic nitrogens is 3. The second kappa shape index (κ2) is 10.1. The Kier molecular flexibility index (Phi) is 7.22. The van der Waals surface area contributed by atoms with Crippen molar-refractivity contribution >= 4 is 5.91 Å². The normalized spacial score (nSPS) is 10.8. The number of nitrogens with zero attached hydrogens (tertiary/aromatic N) is 4. The molecule has 2 heterocycles. The molecule has 0 bridgehead atoms. The standard InChI is InChI=1S/C24H30N4O2/c1-18-23(19(2)27(3)26-18)9-10-24(29)28(17-21-11-14-25-15-12-21)16-13-20-5-7-22(30-4)8-6-20/h5-8,11-12,14-15H,9-10,13,16-17H2,1-4H3. The molecule has 6 heteroatoms. The van der Waals surface area contributed by atoms with Crippen LogP contribution in [0.25, 0.3) is 0 Å². The zero-order chi connectivity index (χ0) is 21.5. The van der Waals surface area contributed by atoms with Crippen LogP contribution < -0.4 is 4.74 Å². The average Bonchev–Trinajstić information content (AvgIpc) is 3.01. The fourth-order valence-electron chi connectivity index (χ4n) is 3.63. The Morgan fingerprint density at radius 2 is 1.73 bits per heavy atom. The molecule has 0 radical (unpaired) electrons. The molecule has 0 atom stereocenters. The first-order valence-electron chi connectivity index (χ1n) is 10.3. The molecule has 0 aliphatic carbocycles. The van der Waals surface area contributed by atoms with E-state index in [0.29, 0.717) is 25.9 Å². The molecule has 0 spiro atoms. The van der Waals surface area contributed by atoms with E-state index in [1.54, 1.807) is 19.5 Å². The van der Waals surface area contributed by atoms with Crippen LogP contribution in [0, 0.1) is 13.8 Å². The Labute approximate surface area is 178 Å². The molecule has 1 aromatic carbocycles. The summed E-state index contributed by atoms with van der Waals surface area (Å²) in [5, 5.41) is 4.47. The lowest BCUT2D eigenvalue weighted by Crippen LogP contribution is -2.32. The van der Waals surface area contributed by atoms with E-state index in [4.69, 9.17) is 4.74 Å². The Morgan fingerprint density at radius 3 is 2.33 bits per heavy atom. The molecule has 1 amide bonds. The molecule has 3 rings (SSSR count). The molecule has 0 N–H and O–H groups in total. The first-order valence-corrected chi connectivity index (χ1v) is 10.3. The highest BCUT2D eigenvalue weighted by molar-refractivity contribution is 5.76. The average molecular weight is 407 g/mol. The minimum atomic E-state index is 0.156. The quantitative estimate of drug-likeness (QED) is 0.544. The summed E-state index contributed by atoms with van der Waals surface area (Å²) in [5.41, 5.74) is 5.56. The van der Waals surface area contributed by atoms with Crippen molar-refractivity contribution in [1.29, 1.82) is 0 Å². The molecule has 158 valence electrons. The summed E-state index contributed by atoms with van der Waals surface area (Å²) in [6.07, 6.45) is 5.51. The predicted octanol–water partition coefficient (Wildman–Crippen LogP) is 3.64. The molecular weight excluding hydrogens is 376 g/mol. The van der Waals surface area contributed by atoms with Crippen molar-refractivity contribution in [3.8, 4) is 5.75 Å². The molecule has 3 aromatic rings. The first kappa shape index (κ1) is 21.6. The van der Waals surface area contributed by atoms with Gasteiger partial charge in [0.25, 0.3) is 0 Å². The fraction of sp³-hybridized carbons (Fsp3) is 0.375.